The van der Waals surface area contributed by atoms with Crippen LogP contribution in [0.15, 0.2) is 47.4 Å². The maximum Gasteiger partial charge on any atom is 0.323 e. The summed E-state index contributed by atoms with van der Waals surface area (Å²) in [5.41, 5.74) is 0.872. The van der Waals surface area contributed by atoms with Crippen LogP contribution < -0.4 is 15.0 Å². The van der Waals surface area contributed by atoms with Crippen molar-refractivity contribution in [1.29, 1.82) is 0 Å². The van der Waals surface area contributed by atoms with Gasteiger partial charge in [-0.05, 0) is 30.7 Å². The number of nitrogens with zero attached hydrogens (tertiary/aromatic N) is 3. The summed E-state index contributed by atoms with van der Waals surface area (Å²) >= 11 is 0. The Labute approximate surface area is 185 Å². The van der Waals surface area contributed by atoms with E-state index in [0.29, 0.717) is 17.7 Å². The molecule has 0 saturated heterocycles. The molecule has 0 saturated carbocycles. The standard InChI is InChI=1S/C22H24FN3O5S/c1-4-5-11-32(28,29)14-16-12-18(15-9-10-20(27)26(2)13-15)25-22(24-16)31-21-17(23)7-6-8-19(21)30-3/h6-10,12-13H,4-5,11,14H2,1-3H3. The minimum absolute atomic E-state index is 0.0278. The van der Waals surface area contributed by atoms with Crippen molar-refractivity contribution in [1.82, 2.24) is 14.5 Å². The van der Waals surface area contributed by atoms with Gasteiger partial charge in [-0.3, -0.25) is 4.79 Å². The molecule has 0 unspecified atom stereocenters. The number of benzene rings is 1. The van der Waals surface area contributed by atoms with E-state index in [1.54, 1.807) is 19.3 Å². The molecule has 0 aliphatic rings. The molecular formula is C22H24FN3O5S. The molecule has 0 bridgehead atoms. The highest BCUT2D eigenvalue weighted by molar-refractivity contribution is 7.90. The molecule has 0 aliphatic carbocycles. The number of methoxy groups -OCH3 is 1. The number of sulfone groups is 1. The minimum atomic E-state index is -3.42. The zero-order chi connectivity index (χ0) is 23.3. The first-order chi connectivity index (χ1) is 15.2. The van der Waals surface area contributed by atoms with Gasteiger partial charge in [0, 0.05) is 24.9 Å². The number of aryl methyl sites for hydroxylation is 1. The van der Waals surface area contributed by atoms with Crippen molar-refractivity contribution in [2.24, 2.45) is 7.05 Å². The summed E-state index contributed by atoms with van der Waals surface area (Å²) in [6.07, 6.45) is 2.85. The number of hydrogen-bond donors (Lipinski definition) is 0. The van der Waals surface area contributed by atoms with Crippen LogP contribution in [0, 0.1) is 5.82 Å². The van der Waals surface area contributed by atoms with Gasteiger partial charge in [-0.2, -0.15) is 9.97 Å². The second-order valence-corrected chi connectivity index (χ2v) is 9.40. The molecule has 2 aromatic heterocycles. The van der Waals surface area contributed by atoms with Gasteiger partial charge in [0.05, 0.1) is 30.0 Å². The lowest BCUT2D eigenvalue weighted by Crippen LogP contribution is -2.14. The van der Waals surface area contributed by atoms with Gasteiger partial charge in [0.25, 0.3) is 0 Å². The summed E-state index contributed by atoms with van der Waals surface area (Å²) in [5, 5.41) is 0. The van der Waals surface area contributed by atoms with Crippen LogP contribution in [-0.4, -0.2) is 35.8 Å². The predicted octanol–water partition coefficient (Wildman–Crippen LogP) is 3.50. The summed E-state index contributed by atoms with van der Waals surface area (Å²) < 4.78 is 51.5. The highest BCUT2D eigenvalue weighted by Gasteiger charge is 2.19. The molecule has 8 nitrogen and oxygen atoms in total. The lowest BCUT2D eigenvalue weighted by Gasteiger charge is -2.12. The molecule has 3 rings (SSSR count). The van der Waals surface area contributed by atoms with Gasteiger partial charge >= 0.3 is 6.01 Å². The molecule has 0 radical (unpaired) electrons. The number of hydrogen-bond acceptors (Lipinski definition) is 7. The number of rotatable bonds is 9. The monoisotopic (exact) mass is 461 g/mol. The van der Waals surface area contributed by atoms with Crippen molar-refractivity contribution in [3.63, 3.8) is 0 Å². The first kappa shape index (κ1) is 23.4. The van der Waals surface area contributed by atoms with Crippen molar-refractivity contribution < 1.29 is 22.3 Å². The maximum absolute atomic E-state index is 14.4. The summed E-state index contributed by atoms with van der Waals surface area (Å²) in [4.78, 5) is 20.3. The third-order valence-corrected chi connectivity index (χ3v) is 6.31. The third-order valence-electron chi connectivity index (χ3n) is 4.66. The second-order valence-electron chi connectivity index (χ2n) is 7.21. The van der Waals surface area contributed by atoms with Gasteiger partial charge in [0.15, 0.2) is 21.4 Å². The third kappa shape index (κ3) is 5.70. The summed E-state index contributed by atoms with van der Waals surface area (Å²) in [5.74, 6) is -1.05. The molecule has 0 spiro atoms. The highest BCUT2D eigenvalue weighted by Crippen LogP contribution is 2.33. The van der Waals surface area contributed by atoms with Crippen molar-refractivity contribution in [2.75, 3.05) is 12.9 Å². The average molecular weight is 462 g/mol. The average Bonchev–Trinajstić information content (AvgIpc) is 2.75. The quantitative estimate of drug-likeness (QED) is 0.481. The van der Waals surface area contributed by atoms with Crippen LogP contribution in [0.3, 0.4) is 0 Å². The van der Waals surface area contributed by atoms with Gasteiger partial charge in [-0.15, -0.1) is 0 Å². The molecule has 2 heterocycles. The van der Waals surface area contributed by atoms with E-state index in [0.717, 1.165) is 6.42 Å². The smallest absolute Gasteiger partial charge is 0.323 e. The topological polar surface area (TPSA) is 100 Å². The van der Waals surface area contributed by atoms with E-state index in [4.69, 9.17) is 9.47 Å². The van der Waals surface area contributed by atoms with Crippen LogP contribution in [0.5, 0.6) is 17.5 Å². The van der Waals surface area contributed by atoms with Gasteiger partial charge in [0.1, 0.15) is 0 Å². The largest absolute Gasteiger partial charge is 0.493 e. The Morgan fingerprint density at radius 1 is 1.16 bits per heavy atom. The van der Waals surface area contributed by atoms with E-state index in [1.165, 1.54) is 42.0 Å². The normalized spacial score (nSPS) is 11.4. The van der Waals surface area contributed by atoms with Crippen LogP contribution in [0.4, 0.5) is 4.39 Å². The molecule has 0 atom stereocenters. The van der Waals surface area contributed by atoms with E-state index in [2.05, 4.69) is 9.97 Å². The van der Waals surface area contributed by atoms with Gasteiger partial charge in [-0.1, -0.05) is 19.4 Å². The molecule has 3 aromatic rings. The Morgan fingerprint density at radius 3 is 2.62 bits per heavy atom. The first-order valence-electron chi connectivity index (χ1n) is 9.98. The van der Waals surface area contributed by atoms with E-state index < -0.39 is 15.7 Å². The Bertz CT molecular complexity index is 1270. The molecule has 0 aliphatic heterocycles. The minimum Gasteiger partial charge on any atom is -0.493 e. The van der Waals surface area contributed by atoms with Crippen LogP contribution in [0.1, 0.15) is 25.5 Å². The lowest BCUT2D eigenvalue weighted by atomic mass is 10.2. The predicted molar refractivity (Wildman–Crippen MR) is 118 cm³/mol. The van der Waals surface area contributed by atoms with Crippen molar-refractivity contribution in [3.8, 4) is 28.8 Å². The Kier molecular flexibility index (Phi) is 7.24. The lowest BCUT2D eigenvalue weighted by molar-refractivity contribution is 0.351. The molecule has 1 aromatic carbocycles. The Hall–Kier alpha value is -3.27. The number of pyridine rings is 1. The number of ether oxygens (including phenoxy) is 2. The molecule has 170 valence electrons. The molecule has 0 amide bonds. The molecule has 0 N–H and O–H groups in total. The van der Waals surface area contributed by atoms with Crippen molar-refractivity contribution >= 4 is 9.84 Å². The zero-order valence-electron chi connectivity index (χ0n) is 18.0. The fourth-order valence-electron chi connectivity index (χ4n) is 2.99. The van der Waals surface area contributed by atoms with E-state index in [1.807, 2.05) is 6.92 Å². The van der Waals surface area contributed by atoms with E-state index >= 15 is 0 Å². The molecule has 10 heteroatoms. The molecule has 0 fully saturated rings. The highest BCUT2D eigenvalue weighted by atomic mass is 32.2. The van der Waals surface area contributed by atoms with E-state index in [-0.39, 0.29) is 40.3 Å². The Balaban J connectivity index is 2.08. The summed E-state index contributed by atoms with van der Waals surface area (Å²) in [6.45, 7) is 1.91. The molecular weight excluding hydrogens is 437 g/mol. The van der Waals surface area contributed by atoms with Gasteiger partial charge in [-0.25, -0.2) is 12.8 Å². The van der Waals surface area contributed by atoms with Gasteiger partial charge in [0.2, 0.25) is 11.3 Å². The van der Waals surface area contributed by atoms with Crippen LogP contribution in [0.2, 0.25) is 0 Å². The Morgan fingerprint density at radius 2 is 1.94 bits per heavy atom. The maximum atomic E-state index is 14.4. The van der Waals surface area contributed by atoms with Crippen LogP contribution >= 0.6 is 0 Å². The number of halogens is 1. The van der Waals surface area contributed by atoms with Crippen molar-refractivity contribution in [2.45, 2.75) is 25.5 Å². The zero-order valence-corrected chi connectivity index (χ0v) is 18.9. The SMILES string of the molecule is CCCCS(=O)(=O)Cc1cc(-c2ccc(=O)n(C)c2)nc(Oc2c(F)cccc2OC)n1. The number of unbranched alkanes of at least 4 members (excludes halogenated alkanes) is 1. The fourth-order valence-corrected chi connectivity index (χ4v) is 4.46. The first-order valence-corrected chi connectivity index (χ1v) is 11.8. The van der Waals surface area contributed by atoms with Crippen LogP contribution in [-0.2, 0) is 22.6 Å². The summed E-state index contributed by atoms with van der Waals surface area (Å²) in [7, 11) is -0.463. The van der Waals surface area contributed by atoms with Crippen LogP contribution in [0.25, 0.3) is 11.3 Å². The number of para-hydroxylation sites is 1. The van der Waals surface area contributed by atoms with Crippen molar-refractivity contribution in [3.05, 3.63) is 64.5 Å². The molecule has 32 heavy (non-hydrogen) atoms. The fraction of sp³-hybridized carbons (Fsp3) is 0.318. The van der Waals surface area contributed by atoms with E-state index in [9.17, 15) is 17.6 Å². The number of aromatic nitrogens is 3. The summed E-state index contributed by atoms with van der Waals surface area (Å²) in [6, 6.07) is 8.41. The van der Waals surface area contributed by atoms with Gasteiger partial charge < -0.3 is 14.0 Å². The second kappa shape index (κ2) is 9.90.